The summed E-state index contributed by atoms with van der Waals surface area (Å²) in [4.78, 5) is 44.7. The molecule has 0 bridgehead atoms. The highest BCUT2D eigenvalue weighted by Crippen LogP contribution is 2.29. The first kappa shape index (κ1) is 34.4. The van der Waals surface area contributed by atoms with Crippen molar-refractivity contribution in [3.05, 3.63) is 106 Å². The number of fused-ring (bicyclic) bond motifs is 1. The number of nitrogens with zero attached hydrogens (tertiary/aromatic N) is 4. The fourth-order valence-corrected chi connectivity index (χ4v) is 6.11. The van der Waals surface area contributed by atoms with Crippen LogP contribution in [0.5, 0.6) is 5.75 Å². The lowest BCUT2D eigenvalue weighted by Crippen LogP contribution is -2.46. The summed E-state index contributed by atoms with van der Waals surface area (Å²) >= 11 is 0. The predicted molar refractivity (Wildman–Crippen MR) is 185 cm³/mol. The van der Waals surface area contributed by atoms with Gasteiger partial charge < -0.3 is 25.3 Å². The van der Waals surface area contributed by atoms with Crippen LogP contribution in [0.15, 0.2) is 72.8 Å². The zero-order valence-corrected chi connectivity index (χ0v) is 28.0. The number of hydrogen-bond donors (Lipinski definition) is 3. The molecule has 3 amide bonds. The van der Waals surface area contributed by atoms with Crippen molar-refractivity contribution in [2.45, 2.75) is 71.9 Å². The number of phenols is 1. The minimum atomic E-state index is -0.436. The Hall–Kier alpha value is -4.96. The van der Waals surface area contributed by atoms with Gasteiger partial charge in [-0.25, -0.2) is 4.68 Å². The Morgan fingerprint density at radius 2 is 1.62 bits per heavy atom. The van der Waals surface area contributed by atoms with E-state index in [0.717, 1.165) is 42.4 Å². The average Bonchev–Trinajstić information content (AvgIpc) is 3.49. The van der Waals surface area contributed by atoms with E-state index in [1.54, 1.807) is 46.0 Å². The van der Waals surface area contributed by atoms with Crippen LogP contribution < -0.4 is 5.32 Å². The smallest absolute Gasteiger partial charge is 0.274 e. The van der Waals surface area contributed by atoms with Crippen molar-refractivity contribution in [3.63, 3.8) is 0 Å². The third kappa shape index (κ3) is 7.94. The van der Waals surface area contributed by atoms with E-state index in [1.807, 2.05) is 36.1 Å². The number of aliphatic hydroxyl groups is 1. The number of aromatic hydroxyl groups is 1. The summed E-state index contributed by atoms with van der Waals surface area (Å²) in [6, 6.07) is 20.7. The van der Waals surface area contributed by atoms with E-state index in [1.165, 1.54) is 12.1 Å². The lowest BCUT2D eigenvalue weighted by atomic mass is 9.93. The highest BCUT2D eigenvalue weighted by atomic mass is 16.3. The molecular formula is C38H45N5O5. The number of phenolic OH excluding ortho intramolecular Hbond substituents is 1. The second kappa shape index (κ2) is 15.8. The Bertz CT molecular complexity index is 1740. The molecule has 0 spiro atoms. The predicted octanol–water partition coefficient (Wildman–Crippen LogP) is 5.67. The molecule has 1 aromatic heterocycles. The number of aryl methyl sites for hydroxylation is 1. The highest BCUT2D eigenvalue weighted by molar-refractivity contribution is 6.01. The Morgan fingerprint density at radius 3 is 2.29 bits per heavy atom. The number of rotatable bonds is 13. The number of unbranched alkanes of at least 4 members (excludes halogenated alkanes) is 2. The Kier molecular flexibility index (Phi) is 11.3. The minimum absolute atomic E-state index is 0.0805. The zero-order valence-electron chi connectivity index (χ0n) is 28.0. The number of carbonyl (C=O) groups is 3. The molecule has 0 saturated carbocycles. The summed E-state index contributed by atoms with van der Waals surface area (Å²) < 4.78 is 1.62. The molecule has 1 aliphatic heterocycles. The molecular weight excluding hydrogens is 606 g/mol. The molecule has 1 aliphatic rings. The summed E-state index contributed by atoms with van der Waals surface area (Å²) in [6.07, 6.45) is 4.35. The molecule has 2 heterocycles. The van der Waals surface area contributed by atoms with Crippen LogP contribution in [0.25, 0.3) is 5.69 Å². The molecule has 1 atom stereocenters. The zero-order chi connectivity index (χ0) is 34.2. The van der Waals surface area contributed by atoms with Gasteiger partial charge in [-0.2, -0.15) is 5.10 Å². The van der Waals surface area contributed by atoms with E-state index < -0.39 is 6.04 Å². The van der Waals surface area contributed by atoms with Gasteiger partial charge >= 0.3 is 0 Å². The SMILES string of the molecule is CCCCN(CCCC)C(=O)c1cc(C)n(-c2ccc(NC(=O)Cc3ccc(O)cc3)cc2C(=O)N2Cc3ccccc3C[C@H]2CO)n1. The number of aromatic nitrogens is 2. The fourth-order valence-electron chi connectivity index (χ4n) is 6.11. The van der Waals surface area contributed by atoms with Crippen LogP contribution in [0.2, 0.25) is 0 Å². The van der Waals surface area contributed by atoms with Crippen molar-refractivity contribution in [2.75, 3.05) is 25.0 Å². The molecule has 4 aromatic rings. The third-order valence-electron chi connectivity index (χ3n) is 8.82. The number of benzene rings is 3. The number of nitrogens with one attached hydrogen (secondary N) is 1. The van der Waals surface area contributed by atoms with Crippen LogP contribution in [0.3, 0.4) is 0 Å². The lowest BCUT2D eigenvalue weighted by Gasteiger charge is -2.36. The quantitative estimate of drug-likeness (QED) is 0.171. The van der Waals surface area contributed by atoms with Gasteiger partial charge in [-0.05, 0) is 79.3 Å². The van der Waals surface area contributed by atoms with Gasteiger partial charge in [0.2, 0.25) is 5.91 Å². The van der Waals surface area contributed by atoms with Gasteiger partial charge in [0.25, 0.3) is 11.8 Å². The van der Waals surface area contributed by atoms with Crippen LogP contribution >= 0.6 is 0 Å². The monoisotopic (exact) mass is 651 g/mol. The molecule has 3 aromatic carbocycles. The standard InChI is InChI=1S/C38H45N5O5/c1-4-6-18-41(19-7-5-2)38(48)34-20-26(3)43(40-34)35-17-14-30(39-36(46)21-27-12-15-32(45)16-13-27)23-33(35)37(47)42-24-29-11-9-8-10-28(29)22-31(42)25-44/h8-17,20,23,31,44-45H,4-7,18-19,21-22,24-25H2,1-3H3,(H,39,46)/t31-/m0/s1. The van der Waals surface area contributed by atoms with Gasteiger partial charge in [-0.3, -0.25) is 14.4 Å². The molecule has 0 fully saturated rings. The molecule has 48 heavy (non-hydrogen) atoms. The molecule has 10 heteroatoms. The molecule has 0 unspecified atom stereocenters. The number of aliphatic hydroxyl groups excluding tert-OH is 1. The molecule has 252 valence electrons. The van der Waals surface area contributed by atoms with E-state index in [-0.39, 0.29) is 42.1 Å². The summed E-state index contributed by atoms with van der Waals surface area (Å²) in [5.74, 6) is -0.622. The Morgan fingerprint density at radius 1 is 0.938 bits per heavy atom. The van der Waals surface area contributed by atoms with Crippen LogP contribution in [-0.2, 0) is 24.2 Å². The first-order chi connectivity index (χ1) is 23.2. The van der Waals surface area contributed by atoms with E-state index in [0.29, 0.717) is 48.8 Å². The van der Waals surface area contributed by atoms with Crippen molar-refractivity contribution in [1.29, 1.82) is 0 Å². The van der Waals surface area contributed by atoms with Crippen molar-refractivity contribution in [2.24, 2.45) is 0 Å². The first-order valence-electron chi connectivity index (χ1n) is 16.8. The average molecular weight is 652 g/mol. The number of amides is 3. The van der Waals surface area contributed by atoms with Crippen molar-refractivity contribution < 1.29 is 24.6 Å². The van der Waals surface area contributed by atoms with Gasteiger partial charge in [0.1, 0.15) is 5.75 Å². The first-order valence-corrected chi connectivity index (χ1v) is 16.8. The van der Waals surface area contributed by atoms with Crippen LogP contribution in [0.1, 0.15) is 82.8 Å². The van der Waals surface area contributed by atoms with Gasteiger partial charge in [0, 0.05) is 31.0 Å². The maximum Gasteiger partial charge on any atom is 0.274 e. The van der Waals surface area contributed by atoms with Crippen LogP contribution in [-0.4, -0.2) is 73.3 Å². The fraction of sp³-hybridized carbons (Fsp3) is 0.368. The minimum Gasteiger partial charge on any atom is -0.508 e. The second-order valence-corrected chi connectivity index (χ2v) is 12.4. The topological polar surface area (TPSA) is 128 Å². The molecule has 0 radical (unpaired) electrons. The van der Waals surface area contributed by atoms with Gasteiger partial charge in [-0.1, -0.05) is 63.1 Å². The van der Waals surface area contributed by atoms with Crippen LogP contribution in [0.4, 0.5) is 5.69 Å². The number of anilines is 1. The second-order valence-electron chi connectivity index (χ2n) is 12.4. The maximum absolute atomic E-state index is 14.5. The Labute approximate surface area is 282 Å². The highest BCUT2D eigenvalue weighted by Gasteiger charge is 2.32. The number of hydrogen-bond acceptors (Lipinski definition) is 6. The Balaban J connectivity index is 1.51. The molecule has 5 rings (SSSR count). The van der Waals surface area contributed by atoms with E-state index in [9.17, 15) is 24.6 Å². The normalized spacial score (nSPS) is 14.0. The van der Waals surface area contributed by atoms with Gasteiger partial charge in [-0.15, -0.1) is 0 Å². The van der Waals surface area contributed by atoms with Gasteiger partial charge in [0.15, 0.2) is 5.69 Å². The van der Waals surface area contributed by atoms with Crippen molar-refractivity contribution in [1.82, 2.24) is 19.6 Å². The van der Waals surface area contributed by atoms with Gasteiger partial charge in [0.05, 0.1) is 30.3 Å². The van der Waals surface area contributed by atoms with Crippen molar-refractivity contribution >= 4 is 23.4 Å². The van der Waals surface area contributed by atoms with Crippen LogP contribution in [0, 0.1) is 6.92 Å². The van der Waals surface area contributed by atoms with E-state index in [4.69, 9.17) is 5.10 Å². The van der Waals surface area contributed by atoms with E-state index in [2.05, 4.69) is 19.2 Å². The third-order valence-corrected chi connectivity index (χ3v) is 8.82. The summed E-state index contributed by atoms with van der Waals surface area (Å²) in [7, 11) is 0. The molecule has 0 saturated heterocycles. The largest absolute Gasteiger partial charge is 0.508 e. The molecule has 0 aliphatic carbocycles. The summed E-state index contributed by atoms with van der Waals surface area (Å²) in [5.41, 5.74) is 5.01. The molecule has 3 N–H and O–H groups in total. The number of carbonyl (C=O) groups excluding carboxylic acids is 3. The van der Waals surface area contributed by atoms with Crippen molar-refractivity contribution in [3.8, 4) is 11.4 Å². The molecule has 10 nitrogen and oxygen atoms in total. The maximum atomic E-state index is 14.5. The summed E-state index contributed by atoms with van der Waals surface area (Å²) in [6.45, 7) is 7.47. The van der Waals surface area contributed by atoms with E-state index >= 15 is 0 Å². The lowest BCUT2D eigenvalue weighted by molar-refractivity contribution is -0.115. The summed E-state index contributed by atoms with van der Waals surface area (Å²) in [5, 5.41) is 27.6.